The number of nitrogens with zero attached hydrogens (tertiary/aromatic N) is 3. The van der Waals surface area contributed by atoms with E-state index in [0.717, 1.165) is 17.7 Å². The van der Waals surface area contributed by atoms with Crippen molar-refractivity contribution in [2.24, 2.45) is 0 Å². The monoisotopic (exact) mass is 381 g/mol. The van der Waals surface area contributed by atoms with Gasteiger partial charge in [-0.2, -0.15) is 5.10 Å². The Morgan fingerprint density at radius 2 is 1.84 bits per heavy atom. The quantitative estimate of drug-likeness (QED) is 0.881. The molecule has 1 N–H and O–H groups in total. The summed E-state index contributed by atoms with van der Waals surface area (Å²) in [5.74, 6) is -1.04. The molecule has 1 aliphatic rings. The van der Waals surface area contributed by atoms with Crippen LogP contribution in [0.15, 0.2) is 24.3 Å². The van der Waals surface area contributed by atoms with Crippen molar-refractivity contribution in [1.82, 2.24) is 14.7 Å². The van der Waals surface area contributed by atoms with E-state index in [1.165, 1.54) is 6.07 Å². The third kappa shape index (κ3) is 4.32. The molecule has 0 atom stereocenters. The molecule has 25 heavy (non-hydrogen) atoms. The molecule has 1 aromatic carbocycles. The second kappa shape index (κ2) is 7.45. The highest BCUT2D eigenvalue weighted by atomic mass is 35.5. The first-order chi connectivity index (χ1) is 11.9. The van der Waals surface area contributed by atoms with E-state index in [1.54, 1.807) is 27.8 Å². The minimum absolute atomic E-state index is 0.0119. The van der Waals surface area contributed by atoms with Crippen molar-refractivity contribution in [1.29, 1.82) is 0 Å². The van der Waals surface area contributed by atoms with Crippen LogP contribution in [0.25, 0.3) is 0 Å². The van der Waals surface area contributed by atoms with E-state index in [4.69, 9.17) is 28.3 Å². The van der Waals surface area contributed by atoms with E-state index in [2.05, 4.69) is 5.10 Å². The number of carbonyl (C=O) groups excluding carboxylic acids is 1. The lowest BCUT2D eigenvalue weighted by Gasteiger charge is -2.20. The molecule has 0 saturated heterocycles. The average Bonchev–Trinajstić information content (AvgIpc) is 2.84. The number of hydrogen-bond acceptors (Lipinski definition) is 3. The summed E-state index contributed by atoms with van der Waals surface area (Å²) in [5.41, 5.74) is 1.67. The van der Waals surface area contributed by atoms with Crippen LogP contribution in [0.3, 0.4) is 0 Å². The summed E-state index contributed by atoms with van der Waals surface area (Å²) in [7, 11) is 0. The zero-order valence-corrected chi connectivity index (χ0v) is 14.9. The molecule has 2 heterocycles. The van der Waals surface area contributed by atoms with Crippen molar-refractivity contribution in [3.8, 4) is 0 Å². The van der Waals surface area contributed by atoms with E-state index in [1.807, 2.05) is 0 Å². The van der Waals surface area contributed by atoms with Gasteiger partial charge in [-0.15, -0.1) is 0 Å². The fourth-order valence-corrected chi connectivity index (χ4v) is 3.52. The largest absolute Gasteiger partial charge is 0.476 e. The van der Waals surface area contributed by atoms with E-state index in [0.29, 0.717) is 42.5 Å². The zero-order valence-electron chi connectivity index (χ0n) is 13.4. The summed E-state index contributed by atoms with van der Waals surface area (Å²) < 4.78 is 1.67. The van der Waals surface area contributed by atoms with Crippen LogP contribution < -0.4 is 0 Å². The number of carbonyl (C=O) groups is 2. The Labute approximate surface area is 154 Å². The molecule has 2 aromatic rings. The Morgan fingerprint density at radius 1 is 1.12 bits per heavy atom. The van der Waals surface area contributed by atoms with Crippen LogP contribution in [0, 0.1) is 0 Å². The summed E-state index contributed by atoms with van der Waals surface area (Å²) in [6.45, 7) is 1.60. The van der Waals surface area contributed by atoms with Gasteiger partial charge in [0.25, 0.3) is 0 Å². The number of rotatable bonds is 4. The Morgan fingerprint density at radius 3 is 2.52 bits per heavy atom. The maximum Gasteiger partial charge on any atom is 0.356 e. The highest BCUT2D eigenvalue weighted by molar-refractivity contribution is 6.34. The molecule has 0 aliphatic carbocycles. The zero-order chi connectivity index (χ0) is 18.0. The number of carboxylic acids is 1. The molecule has 8 heteroatoms. The molecule has 132 valence electrons. The summed E-state index contributed by atoms with van der Waals surface area (Å²) in [5, 5.41) is 14.2. The number of aromatic nitrogens is 2. The van der Waals surface area contributed by atoms with Gasteiger partial charge in [0.05, 0.1) is 12.2 Å². The molecule has 0 saturated carbocycles. The van der Waals surface area contributed by atoms with Crippen LogP contribution >= 0.6 is 23.2 Å². The number of hydrogen-bond donors (Lipinski definition) is 1. The number of carboxylic acid groups (broad SMARTS) is 1. The predicted molar refractivity (Wildman–Crippen MR) is 94.0 cm³/mol. The summed E-state index contributed by atoms with van der Waals surface area (Å²) in [4.78, 5) is 25.4. The van der Waals surface area contributed by atoms with Gasteiger partial charge in [-0.25, -0.2) is 4.79 Å². The molecular weight excluding hydrogens is 365 g/mol. The van der Waals surface area contributed by atoms with E-state index < -0.39 is 5.97 Å². The Kier molecular flexibility index (Phi) is 5.30. The minimum atomic E-state index is -1.06. The van der Waals surface area contributed by atoms with Crippen LogP contribution in [0.5, 0.6) is 0 Å². The second-order valence-corrected chi connectivity index (χ2v) is 6.87. The molecule has 0 radical (unpaired) electrons. The number of benzene rings is 1. The van der Waals surface area contributed by atoms with Crippen LogP contribution in [-0.4, -0.2) is 38.2 Å². The van der Waals surface area contributed by atoms with Crippen molar-refractivity contribution >= 4 is 35.1 Å². The average molecular weight is 382 g/mol. The smallest absolute Gasteiger partial charge is 0.356 e. The van der Waals surface area contributed by atoms with Gasteiger partial charge < -0.3 is 10.0 Å². The molecule has 0 spiro atoms. The van der Waals surface area contributed by atoms with Crippen molar-refractivity contribution < 1.29 is 14.7 Å². The number of halogens is 2. The van der Waals surface area contributed by atoms with Crippen LogP contribution in [-0.2, 0) is 24.3 Å². The van der Waals surface area contributed by atoms with E-state index in [9.17, 15) is 9.59 Å². The number of aromatic carboxylic acids is 1. The van der Waals surface area contributed by atoms with Crippen molar-refractivity contribution in [3.05, 3.63) is 51.3 Å². The lowest BCUT2D eigenvalue weighted by atomic mass is 10.1. The minimum Gasteiger partial charge on any atom is -0.476 e. The fraction of sp³-hybridized carbons (Fsp3) is 0.353. The van der Waals surface area contributed by atoms with Crippen molar-refractivity contribution in [3.63, 3.8) is 0 Å². The van der Waals surface area contributed by atoms with Gasteiger partial charge in [-0.1, -0.05) is 23.2 Å². The number of aryl methyl sites for hydroxylation is 2. The van der Waals surface area contributed by atoms with Gasteiger partial charge in [-0.05, 0) is 42.7 Å². The topological polar surface area (TPSA) is 75.4 Å². The number of fused-ring (bicyclic) bond motifs is 1. The summed E-state index contributed by atoms with van der Waals surface area (Å²) in [6.07, 6.45) is 1.63. The third-order valence-corrected chi connectivity index (χ3v) is 4.57. The molecule has 0 unspecified atom stereocenters. The maximum absolute atomic E-state index is 12.6. The molecule has 1 aliphatic heterocycles. The Hall–Kier alpha value is -2.05. The first-order valence-corrected chi connectivity index (χ1v) is 8.71. The first-order valence-electron chi connectivity index (χ1n) is 7.95. The van der Waals surface area contributed by atoms with Crippen LogP contribution in [0.2, 0.25) is 10.0 Å². The van der Waals surface area contributed by atoms with Crippen molar-refractivity contribution in [2.75, 3.05) is 6.54 Å². The standard InChI is InChI=1S/C17H17Cl2N3O3/c18-12-6-11(7-13(19)8-12)2-3-16(23)21-4-1-5-22-14(10-21)9-15(20-22)17(24)25/h6-9H,1-5,10H2,(H,24,25). The molecule has 1 amide bonds. The molecule has 1 aromatic heterocycles. The van der Waals surface area contributed by atoms with Crippen molar-refractivity contribution in [2.45, 2.75) is 32.4 Å². The lowest BCUT2D eigenvalue weighted by Crippen LogP contribution is -2.30. The van der Waals surface area contributed by atoms with E-state index in [-0.39, 0.29) is 11.6 Å². The molecule has 6 nitrogen and oxygen atoms in total. The molecule has 3 rings (SSSR count). The van der Waals surface area contributed by atoms with Crippen LogP contribution in [0.4, 0.5) is 0 Å². The Balaban J connectivity index is 1.66. The second-order valence-electron chi connectivity index (χ2n) is 6.00. The molecule has 0 fully saturated rings. The predicted octanol–water partition coefficient (Wildman–Crippen LogP) is 3.25. The summed E-state index contributed by atoms with van der Waals surface area (Å²) >= 11 is 12.0. The lowest BCUT2D eigenvalue weighted by molar-refractivity contribution is -0.131. The van der Waals surface area contributed by atoms with Gasteiger partial charge in [-0.3, -0.25) is 9.48 Å². The first kappa shape index (κ1) is 17.8. The van der Waals surface area contributed by atoms with Gasteiger partial charge in [0.15, 0.2) is 5.69 Å². The molecule has 0 bridgehead atoms. The van der Waals surface area contributed by atoms with E-state index >= 15 is 0 Å². The van der Waals surface area contributed by atoms with Gasteiger partial charge in [0.1, 0.15) is 0 Å². The van der Waals surface area contributed by atoms with Gasteiger partial charge in [0.2, 0.25) is 5.91 Å². The van der Waals surface area contributed by atoms with Crippen LogP contribution in [0.1, 0.15) is 34.6 Å². The SMILES string of the molecule is O=C(O)c1cc2n(n1)CCCN(C(=O)CCc1cc(Cl)cc(Cl)c1)C2. The van der Waals surface area contributed by atoms with Gasteiger partial charge in [0, 0.05) is 29.6 Å². The number of amides is 1. The maximum atomic E-state index is 12.6. The third-order valence-electron chi connectivity index (χ3n) is 4.14. The summed E-state index contributed by atoms with van der Waals surface area (Å²) in [6, 6.07) is 6.80. The molecular formula is C17H17Cl2N3O3. The highest BCUT2D eigenvalue weighted by Crippen LogP contribution is 2.21. The Bertz CT molecular complexity index is 799. The van der Waals surface area contributed by atoms with Gasteiger partial charge >= 0.3 is 5.97 Å². The highest BCUT2D eigenvalue weighted by Gasteiger charge is 2.22. The fourth-order valence-electron chi connectivity index (χ4n) is 2.94. The normalized spacial score (nSPS) is 14.1.